The van der Waals surface area contributed by atoms with Crippen LogP contribution in [0, 0.1) is 16.7 Å². The molecule has 0 aromatic carbocycles. The van der Waals surface area contributed by atoms with Gasteiger partial charge in [-0.25, -0.2) is 0 Å². The van der Waals surface area contributed by atoms with Gasteiger partial charge in [-0.2, -0.15) is 0 Å². The molecule has 2 fully saturated rings. The van der Waals surface area contributed by atoms with Crippen molar-refractivity contribution in [2.24, 2.45) is 16.7 Å². The second-order valence-corrected chi connectivity index (χ2v) is 6.99. The Morgan fingerprint density at radius 2 is 2.11 bits per heavy atom. The summed E-state index contributed by atoms with van der Waals surface area (Å²) in [6, 6.07) is 0.870. The number of aliphatic hydroxyl groups excluding tert-OH is 1. The number of aliphatic hydroxyl groups is 1. The van der Waals surface area contributed by atoms with Crippen LogP contribution in [-0.4, -0.2) is 37.5 Å². The van der Waals surface area contributed by atoms with Crippen molar-refractivity contribution in [2.45, 2.75) is 58.5 Å². The van der Waals surface area contributed by atoms with Gasteiger partial charge in [-0.1, -0.05) is 20.8 Å². The van der Waals surface area contributed by atoms with Gasteiger partial charge in [0, 0.05) is 25.8 Å². The fourth-order valence-electron chi connectivity index (χ4n) is 4.31. The van der Waals surface area contributed by atoms with Crippen LogP contribution in [0.2, 0.25) is 0 Å². The summed E-state index contributed by atoms with van der Waals surface area (Å²) < 4.78 is 5.26. The molecule has 0 saturated heterocycles. The van der Waals surface area contributed by atoms with Crippen LogP contribution in [0.5, 0.6) is 0 Å². The Balaban J connectivity index is 2.02. The van der Waals surface area contributed by atoms with Gasteiger partial charge in [0.2, 0.25) is 0 Å². The molecule has 0 heterocycles. The molecular formula is C15H29NO2. The lowest BCUT2D eigenvalue weighted by Gasteiger charge is -2.41. The molecule has 2 N–H and O–H groups in total. The summed E-state index contributed by atoms with van der Waals surface area (Å²) in [5.41, 5.74) is 0.848. The Morgan fingerprint density at radius 1 is 1.39 bits per heavy atom. The van der Waals surface area contributed by atoms with Crippen molar-refractivity contribution in [3.05, 3.63) is 0 Å². The van der Waals surface area contributed by atoms with Gasteiger partial charge in [0.05, 0.1) is 6.61 Å². The first-order chi connectivity index (χ1) is 8.45. The summed E-state index contributed by atoms with van der Waals surface area (Å²) in [4.78, 5) is 0. The van der Waals surface area contributed by atoms with E-state index in [0.29, 0.717) is 23.5 Å². The third-order valence-corrected chi connectivity index (χ3v) is 6.08. The molecule has 0 radical (unpaired) electrons. The van der Waals surface area contributed by atoms with Gasteiger partial charge in [-0.05, 0) is 42.4 Å². The zero-order chi connectivity index (χ0) is 13.4. The molecule has 2 aliphatic carbocycles. The second-order valence-electron chi connectivity index (χ2n) is 6.99. The number of rotatable bonds is 6. The van der Waals surface area contributed by atoms with Crippen molar-refractivity contribution in [3.8, 4) is 0 Å². The number of nitrogens with one attached hydrogen (secondary N) is 1. The molecule has 0 aromatic rings. The average Bonchev–Trinajstić information content (AvgIpc) is 2.63. The molecule has 4 atom stereocenters. The molecule has 2 bridgehead atoms. The molecule has 0 amide bonds. The Bertz CT molecular complexity index is 286. The Morgan fingerprint density at radius 3 is 2.56 bits per heavy atom. The molecule has 18 heavy (non-hydrogen) atoms. The van der Waals surface area contributed by atoms with Crippen LogP contribution in [0.1, 0.15) is 46.5 Å². The van der Waals surface area contributed by atoms with Crippen molar-refractivity contribution >= 4 is 0 Å². The number of methoxy groups -OCH3 is 1. The Labute approximate surface area is 111 Å². The highest BCUT2D eigenvalue weighted by molar-refractivity contribution is 5.13. The van der Waals surface area contributed by atoms with Gasteiger partial charge < -0.3 is 15.2 Å². The minimum atomic E-state index is 0.233. The topological polar surface area (TPSA) is 41.5 Å². The summed E-state index contributed by atoms with van der Waals surface area (Å²) in [5, 5.41) is 12.9. The summed E-state index contributed by atoms with van der Waals surface area (Å²) in [6.07, 6.45) is 4.79. The number of ether oxygens (including phenoxy) is 1. The van der Waals surface area contributed by atoms with E-state index in [1.54, 1.807) is 7.11 Å². The summed E-state index contributed by atoms with van der Waals surface area (Å²) in [6.45, 7) is 8.24. The molecule has 2 rings (SSSR count). The molecule has 3 heteroatoms. The lowest BCUT2D eigenvalue weighted by atomic mass is 9.69. The molecule has 2 saturated carbocycles. The molecule has 0 aliphatic heterocycles. The molecule has 3 nitrogen and oxygen atoms in total. The predicted octanol–water partition coefficient (Wildman–Crippen LogP) is 2.19. The summed E-state index contributed by atoms with van der Waals surface area (Å²) in [7, 11) is 1.73. The highest BCUT2D eigenvalue weighted by Gasteiger charge is 2.61. The first kappa shape index (κ1) is 14.3. The van der Waals surface area contributed by atoms with Crippen LogP contribution in [0.15, 0.2) is 0 Å². The van der Waals surface area contributed by atoms with Gasteiger partial charge >= 0.3 is 0 Å². The summed E-state index contributed by atoms with van der Waals surface area (Å²) >= 11 is 0. The standard InChI is InChI=1S/C15H29NO2/c1-14(2)11-5-7-15(14,3)13(9-11)16-12(6-8-17)10-18-4/h11-13,16-17H,5-10H2,1-4H3. The maximum Gasteiger partial charge on any atom is 0.0616 e. The quantitative estimate of drug-likeness (QED) is 0.764. The predicted molar refractivity (Wildman–Crippen MR) is 73.5 cm³/mol. The fraction of sp³-hybridized carbons (Fsp3) is 1.00. The SMILES string of the molecule is COCC(CCO)NC1CC2CCC1(C)C2(C)C. The lowest BCUT2D eigenvalue weighted by Crippen LogP contribution is -2.50. The van der Waals surface area contributed by atoms with E-state index in [4.69, 9.17) is 9.84 Å². The van der Waals surface area contributed by atoms with Crippen molar-refractivity contribution in [1.29, 1.82) is 0 Å². The van der Waals surface area contributed by atoms with Crippen molar-refractivity contribution in [2.75, 3.05) is 20.3 Å². The maximum absolute atomic E-state index is 9.14. The second kappa shape index (κ2) is 5.10. The van der Waals surface area contributed by atoms with Crippen LogP contribution in [-0.2, 0) is 4.74 Å². The Kier molecular flexibility index (Phi) is 4.05. The zero-order valence-corrected chi connectivity index (χ0v) is 12.3. The minimum absolute atomic E-state index is 0.233. The first-order valence-corrected chi connectivity index (χ1v) is 7.31. The zero-order valence-electron chi connectivity index (χ0n) is 12.3. The van der Waals surface area contributed by atoms with Gasteiger partial charge in [0.1, 0.15) is 0 Å². The van der Waals surface area contributed by atoms with Crippen molar-refractivity contribution in [3.63, 3.8) is 0 Å². The third-order valence-electron chi connectivity index (χ3n) is 6.08. The average molecular weight is 255 g/mol. The van der Waals surface area contributed by atoms with E-state index in [1.807, 2.05) is 0 Å². The van der Waals surface area contributed by atoms with Gasteiger partial charge in [0.25, 0.3) is 0 Å². The molecule has 106 valence electrons. The fourth-order valence-corrected chi connectivity index (χ4v) is 4.31. The highest BCUT2D eigenvalue weighted by atomic mass is 16.5. The van der Waals surface area contributed by atoms with Crippen molar-refractivity contribution < 1.29 is 9.84 Å². The van der Waals surface area contributed by atoms with Crippen molar-refractivity contribution in [1.82, 2.24) is 5.32 Å². The van der Waals surface area contributed by atoms with Gasteiger partial charge in [-0.15, -0.1) is 0 Å². The van der Waals surface area contributed by atoms with Crippen LogP contribution in [0.25, 0.3) is 0 Å². The molecule has 0 aromatic heterocycles. The number of hydrogen-bond acceptors (Lipinski definition) is 3. The maximum atomic E-state index is 9.14. The minimum Gasteiger partial charge on any atom is -0.396 e. The van der Waals surface area contributed by atoms with Gasteiger partial charge in [-0.3, -0.25) is 0 Å². The van der Waals surface area contributed by atoms with E-state index >= 15 is 0 Å². The lowest BCUT2D eigenvalue weighted by molar-refractivity contribution is 0.0910. The van der Waals surface area contributed by atoms with Crippen LogP contribution in [0.3, 0.4) is 0 Å². The molecule has 4 unspecified atom stereocenters. The molecular weight excluding hydrogens is 226 g/mol. The summed E-state index contributed by atoms with van der Waals surface area (Å²) in [5.74, 6) is 0.859. The molecule has 2 aliphatic rings. The number of hydrogen-bond donors (Lipinski definition) is 2. The monoisotopic (exact) mass is 255 g/mol. The highest BCUT2D eigenvalue weighted by Crippen LogP contribution is 2.65. The largest absolute Gasteiger partial charge is 0.396 e. The van der Waals surface area contributed by atoms with Crippen LogP contribution in [0.4, 0.5) is 0 Å². The smallest absolute Gasteiger partial charge is 0.0616 e. The molecule has 0 spiro atoms. The third kappa shape index (κ3) is 2.10. The first-order valence-electron chi connectivity index (χ1n) is 7.31. The van der Waals surface area contributed by atoms with E-state index in [2.05, 4.69) is 26.1 Å². The van der Waals surface area contributed by atoms with Gasteiger partial charge in [0.15, 0.2) is 0 Å². The van der Waals surface area contributed by atoms with E-state index in [1.165, 1.54) is 19.3 Å². The van der Waals surface area contributed by atoms with E-state index < -0.39 is 0 Å². The van der Waals surface area contributed by atoms with E-state index in [9.17, 15) is 0 Å². The van der Waals surface area contributed by atoms with Crippen LogP contribution >= 0.6 is 0 Å². The number of fused-ring (bicyclic) bond motifs is 2. The van der Waals surface area contributed by atoms with Crippen LogP contribution < -0.4 is 5.32 Å². The van der Waals surface area contributed by atoms with E-state index in [-0.39, 0.29) is 12.6 Å². The van der Waals surface area contributed by atoms with E-state index in [0.717, 1.165) is 12.3 Å². The normalized spacial score (nSPS) is 39.2. The Hall–Kier alpha value is -0.120.